The van der Waals surface area contributed by atoms with Crippen molar-refractivity contribution < 1.29 is 20.4 Å². The Bertz CT molecular complexity index is 209. The molecule has 1 fully saturated rings. The van der Waals surface area contributed by atoms with E-state index in [4.69, 9.17) is 5.11 Å². The van der Waals surface area contributed by atoms with E-state index in [0.717, 1.165) is 0 Å². The molecule has 0 aliphatic heterocycles. The van der Waals surface area contributed by atoms with Crippen molar-refractivity contribution >= 4 is 0 Å². The van der Waals surface area contributed by atoms with Crippen molar-refractivity contribution in [1.29, 1.82) is 0 Å². The smallest absolute Gasteiger partial charge is 0.106 e. The molecule has 4 nitrogen and oxygen atoms in total. The van der Waals surface area contributed by atoms with Crippen LogP contribution >= 0.6 is 0 Å². The lowest BCUT2D eigenvalue weighted by molar-refractivity contribution is -0.160. The molecule has 4 N–H and O–H groups in total. The third kappa shape index (κ3) is 2.50. The number of hydrogen-bond acceptors (Lipinski definition) is 4. The van der Waals surface area contributed by atoms with E-state index in [1.807, 2.05) is 20.8 Å². The Hall–Kier alpha value is -0.160. The van der Waals surface area contributed by atoms with Crippen molar-refractivity contribution in [2.75, 3.05) is 6.61 Å². The number of hydrogen-bond donors (Lipinski definition) is 4. The standard InChI is InChI=1S/C11H22O4/c1-11(2,3)7-4-6(5-12)8(13)10(15)9(7)14/h6-10,12-15H,4-5H2,1-3H3/t6-,7?,8-,9-,10+/m1/s1. The van der Waals surface area contributed by atoms with E-state index in [0.29, 0.717) is 6.42 Å². The van der Waals surface area contributed by atoms with Crippen LogP contribution in [-0.4, -0.2) is 45.3 Å². The molecule has 1 aliphatic rings. The zero-order valence-electron chi connectivity index (χ0n) is 9.59. The van der Waals surface area contributed by atoms with Gasteiger partial charge in [0, 0.05) is 12.5 Å². The second-order valence-electron chi connectivity index (χ2n) is 5.62. The van der Waals surface area contributed by atoms with E-state index in [1.165, 1.54) is 0 Å². The van der Waals surface area contributed by atoms with E-state index in [9.17, 15) is 15.3 Å². The first-order chi connectivity index (χ1) is 6.79. The van der Waals surface area contributed by atoms with Crippen molar-refractivity contribution in [1.82, 2.24) is 0 Å². The Labute approximate surface area is 90.6 Å². The minimum Gasteiger partial charge on any atom is -0.396 e. The Morgan fingerprint density at radius 1 is 1.00 bits per heavy atom. The molecule has 0 heterocycles. The average Bonchev–Trinajstić information content (AvgIpc) is 2.13. The fourth-order valence-corrected chi connectivity index (χ4v) is 2.37. The van der Waals surface area contributed by atoms with Gasteiger partial charge in [0.2, 0.25) is 0 Å². The van der Waals surface area contributed by atoms with Crippen molar-refractivity contribution in [2.24, 2.45) is 17.3 Å². The van der Waals surface area contributed by atoms with Crippen LogP contribution in [0, 0.1) is 17.3 Å². The third-order valence-electron chi connectivity index (χ3n) is 3.50. The van der Waals surface area contributed by atoms with Gasteiger partial charge in [0.1, 0.15) is 6.10 Å². The van der Waals surface area contributed by atoms with E-state index in [-0.39, 0.29) is 23.9 Å². The maximum absolute atomic E-state index is 9.87. The third-order valence-corrected chi connectivity index (χ3v) is 3.50. The summed E-state index contributed by atoms with van der Waals surface area (Å²) in [5.41, 5.74) is -0.145. The molecule has 0 radical (unpaired) electrons. The topological polar surface area (TPSA) is 80.9 Å². The van der Waals surface area contributed by atoms with Crippen LogP contribution in [-0.2, 0) is 0 Å². The van der Waals surface area contributed by atoms with Crippen LogP contribution in [0.4, 0.5) is 0 Å². The number of rotatable bonds is 1. The van der Waals surface area contributed by atoms with Gasteiger partial charge in [-0.3, -0.25) is 0 Å². The van der Waals surface area contributed by atoms with Crippen LogP contribution in [0.5, 0.6) is 0 Å². The zero-order chi connectivity index (χ0) is 11.8. The minimum atomic E-state index is -1.15. The average molecular weight is 218 g/mol. The summed E-state index contributed by atoms with van der Waals surface area (Å²) in [4.78, 5) is 0. The zero-order valence-corrected chi connectivity index (χ0v) is 9.59. The van der Waals surface area contributed by atoms with Crippen LogP contribution in [0.2, 0.25) is 0 Å². The summed E-state index contributed by atoms with van der Waals surface area (Å²) in [6, 6.07) is 0. The van der Waals surface area contributed by atoms with Gasteiger partial charge in [-0.2, -0.15) is 0 Å². The summed E-state index contributed by atoms with van der Waals surface area (Å²) in [5, 5.41) is 38.3. The second-order valence-corrected chi connectivity index (χ2v) is 5.62. The highest BCUT2D eigenvalue weighted by Crippen LogP contribution is 2.40. The molecule has 15 heavy (non-hydrogen) atoms. The first kappa shape index (κ1) is 12.9. The highest BCUT2D eigenvalue weighted by Gasteiger charge is 2.46. The normalized spacial score (nSPS) is 43.0. The molecule has 0 bridgehead atoms. The van der Waals surface area contributed by atoms with Gasteiger partial charge in [-0.05, 0) is 17.8 Å². The van der Waals surface area contributed by atoms with Gasteiger partial charge < -0.3 is 20.4 Å². The van der Waals surface area contributed by atoms with Gasteiger partial charge in [-0.25, -0.2) is 0 Å². The fourth-order valence-electron chi connectivity index (χ4n) is 2.37. The molecule has 0 aromatic heterocycles. The SMILES string of the molecule is CC(C)(C)C1C[C@H](CO)[C@@H](O)[C@H](O)[C@@H]1O. The molecule has 0 amide bonds. The molecule has 0 aromatic rings. The van der Waals surface area contributed by atoms with Crippen molar-refractivity contribution in [2.45, 2.75) is 45.5 Å². The van der Waals surface area contributed by atoms with Crippen LogP contribution in [0.15, 0.2) is 0 Å². The number of aliphatic hydroxyl groups is 4. The molecule has 1 unspecified atom stereocenters. The van der Waals surface area contributed by atoms with E-state index in [1.54, 1.807) is 0 Å². The number of aliphatic hydroxyl groups excluding tert-OH is 4. The van der Waals surface area contributed by atoms with Crippen molar-refractivity contribution in [3.63, 3.8) is 0 Å². The highest BCUT2D eigenvalue weighted by molar-refractivity contribution is 4.96. The summed E-state index contributed by atoms with van der Waals surface area (Å²) in [5.74, 6) is -0.444. The maximum Gasteiger partial charge on any atom is 0.106 e. The predicted octanol–water partition coefficient (Wildman–Crippen LogP) is -0.256. The van der Waals surface area contributed by atoms with E-state index >= 15 is 0 Å². The lowest BCUT2D eigenvalue weighted by Gasteiger charge is -2.45. The predicted molar refractivity (Wildman–Crippen MR) is 56.2 cm³/mol. The van der Waals surface area contributed by atoms with Crippen molar-refractivity contribution in [3.05, 3.63) is 0 Å². The molecule has 90 valence electrons. The largest absolute Gasteiger partial charge is 0.396 e. The Morgan fingerprint density at radius 2 is 1.53 bits per heavy atom. The molecule has 5 atom stereocenters. The summed E-state index contributed by atoms with van der Waals surface area (Å²) in [6.45, 7) is 5.80. The fraction of sp³-hybridized carbons (Fsp3) is 1.00. The van der Waals surface area contributed by atoms with Crippen molar-refractivity contribution in [3.8, 4) is 0 Å². The molecular weight excluding hydrogens is 196 g/mol. The maximum atomic E-state index is 9.87. The Kier molecular flexibility index (Phi) is 3.76. The lowest BCUT2D eigenvalue weighted by atomic mass is 9.66. The van der Waals surface area contributed by atoms with Crippen LogP contribution in [0.25, 0.3) is 0 Å². The molecule has 1 aliphatic carbocycles. The molecule has 1 saturated carbocycles. The van der Waals surface area contributed by atoms with Crippen LogP contribution in [0.1, 0.15) is 27.2 Å². The summed E-state index contributed by atoms with van der Waals surface area (Å²) < 4.78 is 0. The van der Waals surface area contributed by atoms with Crippen LogP contribution in [0.3, 0.4) is 0 Å². The molecule has 0 aromatic carbocycles. The first-order valence-corrected chi connectivity index (χ1v) is 5.44. The highest BCUT2D eigenvalue weighted by atomic mass is 16.4. The molecule has 0 spiro atoms. The Balaban J connectivity index is 2.83. The summed E-state index contributed by atoms with van der Waals surface area (Å²) >= 11 is 0. The van der Waals surface area contributed by atoms with Gasteiger partial charge in [0.15, 0.2) is 0 Å². The molecular formula is C11H22O4. The summed E-state index contributed by atoms with van der Waals surface area (Å²) in [7, 11) is 0. The van der Waals surface area contributed by atoms with E-state index in [2.05, 4.69) is 0 Å². The molecule has 0 saturated heterocycles. The van der Waals surface area contributed by atoms with E-state index < -0.39 is 18.3 Å². The van der Waals surface area contributed by atoms with Gasteiger partial charge in [-0.15, -0.1) is 0 Å². The Morgan fingerprint density at radius 3 is 1.93 bits per heavy atom. The van der Waals surface area contributed by atoms with Crippen LogP contribution < -0.4 is 0 Å². The van der Waals surface area contributed by atoms with Gasteiger partial charge >= 0.3 is 0 Å². The quantitative estimate of drug-likeness (QED) is 0.489. The minimum absolute atomic E-state index is 0.104. The first-order valence-electron chi connectivity index (χ1n) is 5.44. The summed E-state index contributed by atoms with van der Waals surface area (Å²) in [6.07, 6.45) is -2.55. The van der Waals surface area contributed by atoms with Gasteiger partial charge in [-0.1, -0.05) is 20.8 Å². The van der Waals surface area contributed by atoms with Gasteiger partial charge in [0.05, 0.1) is 12.2 Å². The molecule has 1 rings (SSSR count). The second kappa shape index (κ2) is 4.37. The van der Waals surface area contributed by atoms with Gasteiger partial charge in [0.25, 0.3) is 0 Å². The monoisotopic (exact) mass is 218 g/mol. The molecule has 4 heteroatoms. The lowest BCUT2D eigenvalue weighted by Crippen LogP contribution is -2.54.